The quantitative estimate of drug-likeness (QED) is 0.490. The molecule has 9 nitrogen and oxygen atoms in total. The minimum Gasteiger partial charge on any atom is -0.444 e. The van der Waals surface area contributed by atoms with Gasteiger partial charge in [0.25, 0.3) is 0 Å². The number of carbonyl (C=O) groups is 2. The third-order valence-electron chi connectivity index (χ3n) is 5.98. The average Bonchev–Trinajstić information content (AvgIpc) is 3.18. The van der Waals surface area contributed by atoms with Crippen LogP contribution in [0, 0.1) is 13.8 Å². The van der Waals surface area contributed by atoms with E-state index in [-0.39, 0.29) is 25.4 Å². The Kier molecular flexibility index (Phi) is 7.80. The van der Waals surface area contributed by atoms with E-state index in [0.717, 1.165) is 22.6 Å². The van der Waals surface area contributed by atoms with Gasteiger partial charge in [-0.1, -0.05) is 30.3 Å². The van der Waals surface area contributed by atoms with Crippen LogP contribution >= 0.6 is 0 Å². The number of β-amino-alcohol motifs (C(OH)–C–C–N with tert-alkyl or cyclic N) is 1. The number of nitrogens with zero attached hydrogens (tertiary/aromatic N) is 4. The maximum Gasteiger partial charge on any atom is 0.411 e. The number of aliphatic hydroxyl groups is 1. The van der Waals surface area contributed by atoms with Crippen LogP contribution in [0.3, 0.4) is 0 Å². The molecule has 1 aromatic heterocycles. The van der Waals surface area contributed by atoms with Crippen LogP contribution in [0.4, 0.5) is 22.1 Å². The molecule has 2 amide bonds. The van der Waals surface area contributed by atoms with Gasteiger partial charge < -0.3 is 19.6 Å². The number of hydrogen-bond acceptors (Lipinski definition) is 7. The molecule has 2 heterocycles. The normalized spacial score (nSPS) is 16.1. The number of benzene rings is 2. The van der Waals surface area contributed by atoms with Gasteiger partial charge in [-0.3, -0.25) is 10.1 Å². The van der Waals surface area contributed by atoms with Gasteiger partial charge in [0.15, 0.2) is 0 Å². The van der Waals surface area contributed by atoms with Crippen LogP contribution < -0.4 is 10.2 Å². The number of ether oxygens (including phenoxy) is 1. The molecule has 1 aliphatic rings. The summed E-state index contributed by atoms with van der Waals surface area (Å²) in [5.74, 6) is 0.475. The molecule has 1 fully saturated rings. The molecule has 9 heteroatoms. The molecule has 3 aromatic rings. The smallest absolute Gasteiger partial charge is 0.411 e. The zero-order chi connectivity index (χ0) is 25.7. The molecule has 2 atom stereocenters. The second kappa shape index (κ2) is 11.2. The fourth-order valence-corrected chi connectivity index (χ4v) is 4.27. The number of anilines is 3. The van der Waals surface area contributed by atoms with Crippen LogP contribution in [0.25, 0.3) is 0 Å². The van der Waals surface area contributed by atoms with Crippen molar-refractivity contribution in [3.05, 3.63) is 77.6 Å². The molecule has 2 unspecified atom stereocenters. The standard InChI is InChI=1S/C27H31N5O4/c1-4-32(26-28-18(2)14-19(3)29-26)22-12-10-21(11-13-22)30-27(35)36-23-15-25(34)31(16-23)17-24(33)20-8-6-5-7-9-20/h5-14,23-24,33H,4,15-17H2,1-3H3,(H,30,35). The first-order valence-electron chi connectivity index (χ1n) is 12.0. The lowest BCUT2D eigenvalue weighted by Gasteiger charge is -2.22. The average molecular weight is 490 g/mol. The predicted octanol–water partition coefficient (Wildman–Crippen LogP) is 4.13. The highest BCUT2D eigenvalue weighted by Crippen LogP contribution is 2.25. The molecule has 2 N–H and O–H groups in total. The highest BCUT2D eigenvalue weighted by molar-refractivity contribution is 5.86. The van der Waals surface area contributed by atoms with Gasteiger partial charge in [-0.05, 0) is 56.7 Å². The van der Waals surface area contributed by atoms with Crippen molar-refractivity contribution in [1.29, 1.82) is 0 Å². The second-order valence-corrected chi connectivity index (χ2v) is 8.82. The van der Waals surface area contributed by atoms with E-state index in [0.29, 0.717) is 18.2 Å². The Hall–Kier alpha value is -3.98. The highest BCUT2D eigenvalue weighted by Gasteiger charge is 2.33. The van der Waals surface area contributed by atoms with Gasteiger partial charge in [-0.2, -0.15) is 0 Å². The Morgan fingerprint density at radius 3 is 2.44 bits per heavy atom. The predicted molar refractivity (Wildman–Crippen MR) is 137 cm³/mol. The van der Waals surface area contributed by atoms with E-state index in [1.165, 1.54) is 4.90 Å². The molecular formula is C27H31N5O4. The summed E-state index contributed by atoms with van der Waals surface area (Å²) < 4.78 is 5.47. The van der Waals surface area contributed by atoms with E-state index in [1.807, 2.05) is 74.2 Å². The summed E-state index contributed by atoms with van der Waals surface area (Å²) in [5.41, 5.74) is 4.00. The summed E-state index contributed by atoms with van der Waals surface area (Å²) in [5, 5.41) is 13.1. The van der Waals surface area contributed by atoms with Crippen molar-refractivity contribution in [2.45, 2.75) is 39.4 Å². The molecule has 2 aromatic carbocycles. The van der Waals surface area contributed by atoms with E-state index in [9.17, 15) is 14.7 Å². The number of aryl methyl sites for hydroxylation is 2. The van der Waals surface area contributed by atoms with Gasteiger partial charge in [-0.25, -0.2) is 14.8 Å². The third-order valence-corrected chi connectivity index (χ3v) is 5.98. The number of aromatic nitrogens is 2. The summed E-state index contributed by atoms with van der Waals surface area (Å²) in [4.78, 5) is 37.4. The molecular weight excluding hydrogens is 458 g/mol. The Morgan fingerprint density at radius 1 is 1.14 bits per heavy atom. The lowest BCUT2D eigenvalue weighted by molar-refractivity contribution is -0.129. The zero-order valence-electron chi connectivity index (χ0n) is 20.7. The minimum atomic E-state index is -0.793. The summed E-state index contributed by atoms with van der Waals surface area (Å²) >= 11 is 0. The van der Waals surface area contributed by atoms with Crippen LogP contribution in [-0.4, -0.2) is 57.7 Å². The molecule has 36 heavy (non-hydrogen) atoms. The van der Waals surface area contributed by atoms with Gasteiger partial charge in [0.2, 0.25) is 11.9 Å². The first-order valence-corrected chi connectivity index (χ1v) is 12.0. The highest BCUT2D eigenvalue weighted by atomic mass is 16.6. The van der Waals surface area contributed by atoms with E-state index in [4.69, 9.17) is 4.74 Å². The number of hydrogen-bond donors (Lipinski definition) is 2. The van der Waals surface area contributed by atoms with Crippen molar-refractivity contribution in [1.82, 2.24) is 14.9 Å². The number of nitrogens with one attached hydrogen (secondary N) is 1. The molecule has 188 valence electrons. The summed E-state index contributed by atoms with van der Waals surface area (Å²) in [6, 6.07) is 18.4. The van der Waals surface area contributed by atoms with Crippen LogP contribution in [0.2, 0.25) is 0 Å². The first-order chi connectivity index (χ1) is 17.3. The van der Waals surface area contributed by atoms with Crippen LogP contribution in [0.5, 0.6) is 0 Å². The summed E-state index contributed by atoms with van der Waals surface area (Å²) in [6.45, 7) is 6.99. The molecule has 1 saturated heterocycles. The zero-order valence-corrected chi connectivity index (χ0v) is 20.7. The second-order valence-electron chi connectivity index (χ2n) is 8.82. The fraction of sp³-hybridized carbons (Fsp3) is 0.333. The van der Waals surface area contributed by atoms with Gasteiger partial charge >= 0.3 is 6.09 Å². The SMILES string of the molecule is CCN(c1ccc(NC(=O)OC2CC(=O)N(CC(O)c3ccccc3)C2)cc1)c1nc(C)cc(C)n1. The van der Waals surface area contributed by atoms with Crippen molar-refractivity contribution in [2.24, 2.45) is 0 Å². The topological polar surface area (TPSA) is 108 Å². The minimum absolute atomic E-state index is 0.0925. The maximum absolute atomic E-state index is 12.5. The number of aliphatic hydroxyl groups excluding tert-OH is 1. The lowest BCUT2D eigenvalue weighted by Crippen LogP contribution is -2.31. The Bertz CT molecular complexity index is 1180. The monoisotopic (exact) mass is 489 g/mol. The Morgan fingerprint density at radius 2 is 1.81 bits per heavy atom. The van der Waals surface area contributed by atoms with Crippen LogP contribution in [-0.2, 0) is 9.53 Å². The number of likely N-dealkylation sites (tertiary alicyclic amines) is 1. The summed E-state index contributed by atoms with van der Waals surface area (Å²) in [7, 11) is 0. The van der Waals surface area contributed by atoms with Crippen molar-refractivity contribution in [3.8, 4) is 0 Å². The molecule has 0 radical (unpaired) electrons. The van der Waals surface area contributed by atoms with Crippen LogP contribution in [0.1, 0.15) is 36.4 Å². The van der Waals surface area contributed by atoms with E-state index >= 15 is 0 Å². The van der Waals surface area contributed by atoms with E-state index < -0.39 is 18.3 Å². The molecule has 0 spiro atoms. The number of rotatable bonds is 8. The maximum atomic E-state index is 12.5. The Balaban J connectivity index is 1.31. The van der Waals surface area contributed by atoms with Crippen molar-refractivity contribution in [3.63, 3.8) is 0 Å². The van der Waals surface area contributed by atoms with Crippen molar-refractivity contribution >= 4 is 29.3 Å². The van der Waals surface area contributed by atoms with Gasteiger partial charge in [0, 0.05) is 29.3 Å². The van der Waals surface area contributed by atoms with Crippen LogP contribution in [0.15, 0.2) is 60.7 Å². The summed E-state index contributed by atoms with van der Waals surface area (Å²) in [6.07, 6.45) is -1.90. The first kappa shape index (κ1) is 25.1. The van der Waals surface area contributed by atoms with Crippen molar-refractivity contribution in [2.75, 3.05) is 29.9 Å². The van der Waals surface area contributed by atoms with Gasteiger partial charge in [-0.15, -0.1) is 0 Å². The fourth-order valence-electron chi connectivity index (χ4n) is 4.27. The molecule has 1 aliphatic heterocycles. The molecule has 0 saturated carbocycles. The van der Waals surface area contributed by atoms with E-state index in [1.54, 1.807) is 12.1 Å². The largest absolute Gasteiger partial charge is 0.444 e. The number of amides is 2. The van der Waals surface area contributed by atoms with Gasteiger partial charge in [0.1, 0.15) is 6.10 Å². The molecule has 4 rings (SSSR count). The molecule has 0 aliphatic carbocycles. The van der Waals surface area contributed by atoms with Gasteiger partial charge in [0.05, 0.1) is 25.6 Å². The lowest BCUT2D eigenvalue weighted by atomic mass is 10.1. The molecule has 0 bridgehead atoms. The third kappa shape index (κ3) is 6.17. The van der Waals surface area contributed by atoms with E-state index in [2.05, 4.69) is 15.3 Å². The Labute approximate surface area is 210 Å². The van der Waals surface area contributed by atoms with Crippen molar-refractivity contribution < 1.29 is 19.4 Å². The number of carbonyl (C=O) groups excluding carboxylic acids is 2.